The zero-order valence-electron chi connectivity index (χ0n) is 15.6. The highest BCUT2D eigenvalue weighted by atomic mass is 16.4. The van der Waals surface area contributed by atoms with Gasteiger partial charge in [0.05, 0.1) is 12.2 Å². The van der Waals surface area contributed by atoms with Gasteiger partial charge in [-0.15, -0.1) is 0 Å². The van der Waals surface area contributed by atoms with Gasteiger partial charge in [0.25, 0.3) is 5.91 Å². The summed E-state index contributed by atoms with van der Waals surface area (Å²) in [4.78, 5) is 23.6. The zero-order valence-corrected chi connectivity index (χ0v) is 15.6. The first-order valence-electron chi connectivity index (χ1n) is 9.37. The molecule has 144 valence electrons. The van der Waals surface area contributed by atoms with Crippen LogP contribution in [0.3, 0.4) is 0 Å². The Morgan fingerprint density at radius 2 is 1.96 bits per heavy atom. The smallest absolute Gasteiger partial charge is 0.371 e. The van der Waals surface area contributed by atoms with Crippen molar-refractivity contribution in [1.82, 2.24) is 15.1 Å². The second-order valence-electron chi connectivity index (χ2n) is 6.81. The molecule has 2 N–H and O–H groups in total. The van der Waals surface area contributed by atoms with E-state index in [1.807, 2.05) is 16.8 Å². The summed E-state index contributed by atoms with van der Waals surface area (Å²) in [5, 5.41) is 16.3. The molecule has 0 aliphatic heterocycles. The summed E-state index contributed by atoms with van der Waals surface area (Å²) in [5.41, 5.74) is 4.71. The fourth-order valence-electron chi connectivity index (χ4n) is 3.55. The van der Waals surface area contributed by atoms with Crippen molar-refractivity contribution < 1.29 is 19.1 Å². The number of rotatable bonds is 6. The lowest BCUT2D eigenvalue weighted by Crippen LogP contribution is -2.24. The van der Waals surface area contributed by atoms with Crippen LogP contribution in [0.1, 0.15) is 57.0 Å². The highest BCUT2D eigenvalue weighted by molar-refractivity contribution is 5.94. The largest absolute Gasteiger partial charge is 0.475 e. The number of nitrogens with one attached hydrogen (secondary N) is 1. The summed E-state index contributed by atoms with van der Waals surface area (Å²) in [6.45, 7) is 2.22. The number of aromatic nitrogens is 2. The number of carboxylic acids is 1. The zero-order chi connectivity index (χ0) is 19.7. The van der Waals surface area contributed by atoms with Crippen LogP contribution in [0.25, 0.3) is 5.69 Å². The molecule has 28 heavy (non-hydrogen) atoms. The first kappa shape index (κ1) is 18.0. The van der Waals surface area contributed by atoms with E-state index in [-0.39, 0.29) is 18.2 Å². The molecule has 2 aromatic heterocycles. The molecule has 1 amide bonds. The van der Waals surface area contributed by atoms with Crippen LogP contribution in [-0.4, -0.2) is 26.8 Å². The minimum atomic E-state index is -1.14. The van der Waals surface area contributed by atoms with Crippen molar-refractivity contribution in [2.75, 3.05) is 0 Å². The quantitative estimate of drug-likeness (QED) is 0.686. The van der Waals surface area contributed by atoms with Gasteiger partial charge in [-0.1, -0.05) is 19.1 Å². The summed E-state index contributed by atoms with van der Waals surface area (Å²) in [7, 11) is 0. The van der Waals surface area contributed by atoms with Crippen LogP contribution in [0.5, 0.6) is 0 Å². The first-order chi connectivity index (χ1) is 13.6. The number of aryl methyl sites for hydroxylation is 1. The number of fused-ring (bicyclic) bond motifs is 1. The van der Waals surface area contributed by atoms with E-state index in [1.54, 1.807) is 6.07 Å². The number of nitrogens with zero attached hydrogens (tertiary/aromatic N) is 2. The predicted molar refractivity (Wildman–Crippen MR) is 102 cm³/mol. The van der Waals surface area contributed by atoms with E-state index < -0.39 is 5.97 Å². The molecular formula is C21H21N3O4. The third kappa shape index (κ3) is 3.31. The van der Waals surface area contributed by atoms with Crippen LogP contribution >= 0.6 is 0 Å². The van der Waals surface area contributed by atoms with Crippen LogP contribution in [0, 0.1) is 0 Å². The number of hydrogen-bond acceptors (Lipinski definition) is 4. The van der Waals surface area contributed by atoms with Crippen LogP contribution in [0.4, 0.5) is 0 Å². The average Bonchev–Trinajstić information content (AvgIpc) is 3.42. The number of carbonyl (C=O) groups is 2. The van der Waals surface area contributed by atoms with Gasteiger partial charge in [0, 0.05) is 11.3 Å². The summed E-state index contributed by atoms with van der Waals surface area (Å²) in [6, 6.07) is 11.1. The molecule has 1 aliphatic carbocycles. The molecule has 2 heterocycles. The lowest BCUT2D eigenvalue weighted by atomic mass is 10.1. The number of furan rings is 1. The average molecular weight is 379 g/mol. The Morgan fingerprint density at radius 1 is 1.18 bits per heavy atom. The van der Waals surface area contributed by atoms with Crippen LogP contribution in [0.15, 0.2) is 40.8 Å². The maximum absolute atomic E-state index is 12.7. The molecule has 7 heteroatoms. The number of carboxylic acid groups (broad SMARTS) is 1. The molecule has 0 saturated carbocycles. The maximum Gasteiger partial charge on any atom is 0.371 e. The Morgan fingerprint density at radius 3 is 2.64 bits per heavy atom. The topological polar surface area (TPSA) is 97.4 Å². The molecule has 0 radical (unpaired) electrons. The van der Waals surface area contributed by atoms with Crippen molar-refractivity contribution in [1.29, 1.82) is 0 Å². The van der Waals surface area contributed by atoms with Gasteiger partial charge in [0.15, 0.2) is 5.69 Å². The van der Waals surface area contributed by atoms with Gasteiger partial charge in [0.1, 0.15) is 5.76 Å². The minimum Gasteiger partial charge on any atom is -0.475 e. The first-order valence-corrected chi connectivity index (χ1v) is 9.37. The molecule has 0 fully saturated rings. The molecule has 0 spiro atoms. The van der Waals surface area contributed by atoms with Crippen molar-refractivity contribution in [3.8, 4) is 5.69 Å². The number of amides is 1. The normalized spacial score (nSPS) is 12.8. The van der Waals surface area contributed by atoms with Gasteiger partial charge < -0.3 is 14.8 Å². The Bertz CT molecular complexity index is 1030. The molecule has 1 aromatic carbocycles. The molecule has 0 saturated heterocycles. The van der Waals surface area contributed by atoms with Crippen LogP contribution in [0.2, 0.25) is 0 Å². The molecule has 7 nitrogen and oxygen atoms in total. The van der Waals surface area contributed by atoms with Crippen molar-refractivity contribution >= 4 is 11.9 Å². The van der Waals surface area contributed by atoms with Crippen molar-refractivity contribution in [2.45, 2.75) is 39.2 Å². The molecule has 0 bridgehead atoms. The van der Waals surface area contributed by atoms with Gasteiger partial charge >= 0.3 is 5.97 Å². The van der Waals surface area contributed by atoms with Crippen molar-refractivity contribution in [3.05, 3.63) is 70.4 Å². The Kier molecular flexibility index (Phi) is 4.73. The fourth-order valence-corrected chi connectivity index (χ4v) is 3.55. The van der Waals surface area contributed by atoms with E-state index in [0.29, 0.717) is 11.5 Å². The molecular weight excluding hydrogens is 358 g/mol. The second-order valence-corrected chi connectivity index (χ2v) is 6.81. The predicted octanol–water partition coefficient (Wildman–Crippen LogP) is 3.14. The SMILES string of the molecule is CCc1ccc(-n2nc(C(=O)NCc3ccc(C(=O)O)o3)c3c2CCC3)cc1. The van der Waals surface area contributed by atoms with E-state index >= 15 is 0 Å². The van der Waals surface area contributed by atoms with Gasteiger partial charge in [0.2, 0.25) is 5.76 Å². The van der Waals surface area contributed by atoms with Crippen molar-refractivity contribution in [2.24, 2.45) is 0 Å². The minimum absolute atomic E-state index is 0.110. The van der Waals surface area contributed by atoms with Gasteiger partial charge in [-0.2, -0.15) is 5.10 Å². The molecule has 3 aromatic rings. The van der Waals surface area contributed by atoms with E-state index in [2.05, 4.69) is 29.5 Å². The van der Waals surface area contributed by atoms with E-state index in [1.165, 1.54) is 11.6 Å². The number of hydrogen-bond donors (Lipinski definition) is 2. The molecule has 4 rings (SSSR count). The maximum atomic E-state index is 12.7. The summed E-state index contributed by atoms with van der Waals surface area (Å²) in [6.07, 6.45) is 3.70. The second kappa shape index (κ2) is 7.34. The van der Waals surface area contributed by atoms with E-state index in [9.17, 15) is 9.59 Å². The Balaban J connectivity index is 1.55. The number of aromatic carboxylic acids is 1. The van der Waals surface area contributed by atoms with E-state index in [0.717, 1.165) is 42.6 Å². The van der Waals surface area contributed by atoms with Gasteiger partial charge in [-0.05, 0) is 55.5 Å². The molecule has 0 atom stereocenters. The summed E-state index contributed by atoms with van der Waals surface area (Å²) in [5.74, 6) is -1.18. The van der Waals surface area contributed by atoms with Gasteiger partial charge in [-0.3, -0.25) is 4.79 Å². The van der Waals surface area contributed by atoms with Crippen molar-refractivity contribution in [3.63, 3.8) is 0 Å². The third-order valence-electron chi connectivity index (χ3n) is 5.03. The molecule has 0 unspecified atom stereocenters. The summed E-state index contributed by atoms with van der Waals surface area (Å²) >= 11 is 0. The molecule has 1 aliphatic rings. The fraction of sp³-hybridized carbons (Fsp3) is 0.286. The van der Waals surface area contributed by atoms with Gasteiger partial charge in [-0.25, -0.2) is 9.48 Å². The van der Waals surface area contributed by atoms with E-state index in [4.69, 9.17) is 9.52 Å². The Hall–Kier alpha value is -3.35. The number of carbonyl (C=O) groups excluding carboxylic acids is 1. The Labute approximate surface area is 162 Å². The van der Waals surface area contributed by atoms with Crippen LogP contribution < -0.4 is 5.32 Å². The lowest BCUT2D eigenvalue weighted by Gasteiger charge is -2.06. The van der Waals surface area contributed by atoms with Crippen LogP contribution in [-0.2, 0) is 25.8 Å². The highest BCUT2D eigenvalue weighted by Crippen LogP contribution is 2.28. The lowest BCUT2D eigenvalue weighted by molar-refractivity contribution is 0.0660. The third-order valence-corrected chi connectivity index (χ3v) is 5.03. The number of benzene rings is 1. The monoisotopic (exact) mass is 379 g/mol. The summed E-state index contributed by atoms with van der Waals surface area (Å²) < 4.78 is 7.05. The highest BCUT2D eigenvalue weighted by Gasteiger charge is 2.27. The standard InChI is InChI=1S/C21H21N3O4/c1-2-13-6-8-14(9-7-13)24-17-5-3-4-16(17)19(23-24)20(25)22-12-15-10-11-18(28-15)21(26)27/h6-11H,2-5,12H2,1H3,(H,22,25)(H,26,27).